The van der Waals surface area contributed by atoms with Gasteiger partial charge in [0.2, 0.25) is 0 Å². The highest BCUT2D eigenvalue weighted by Gasteiger charge is 2.24. The molecule has 2 atom stereocenters. The first-order valence-corrected chi connectivity index (χ1v) is 4.40. The normalized spacial score (nSPS) is 27.0. The van der Waals surface area contributed by atoms with Gasteiger partial charge in [0.25, 0.3) is 0 Å². The predicted octanol–water partition coefficient (Wildman–Crippen LogP) is 1.13. The minimum Gasteiger partial charge on any atom is -0.391 e. The molecular formula is C10H12FNO. The van der Waals surface area contributed by atoms with Crippen LogP contribution in [0, 0.1) is 5.82 Å². The highest BCUT2D eigenvalue weighted by atomic mass is 19.1. The fourth-order valence-electron chi connectivity index (χ4n) is 1.79. The summed E-state index contributed by atoms with van der Waals surface area (Å²) in [4.78, 5) is 0. The quantitative estimate of drug-likeness (QED) is 0.630. The van der Waals surface area contributed by atoms with Gasteiger partial charge in [-0.2, -0.15) is 0 Å². The van der Waals surface area contributed by atoms with Crippen molar-refractivity contribution in [2.75, 3.05) is 0 Å². The molecule has 0 radical (unpaired) electrons. The standard InChI is InChI=1S/C10H12FNO/c11-7-3-1-6-2-4-9(13)10(12)8(6)5-7/h1,3,5,9-10,13H,2,4,12H2/t9-,10-/m0/s1. The summed E-state index contributed by atoms with van der Waals surface area (Å²) in [6.07, 6.45) is 0.916. The molecule has 0 heterocycles. The molecule has 3 heteroatoms. The molecular weight excluding hydrogens is 169 g/mol. The molecule has 1 aromatic rings. The molecule has 0 bridgehead atoms. The Morgan fingerprint density at radius 3 is 3.00 bits per heavy atom. The van der Waals surface area contributed by atoms with Crippen LogP contribution in [0.5, 0.6) is 0 Å². The predicted molar refractivity (Wildman–Crippen MR) is 47.7 cm³/mol. The van der Waals surface area contributed by atoms with Crippen molar-refractivity contribution < 1.29 is 9.50 Å². The Hall–Kier alpha value is -0.930. The Bertz CT molecular complexity index is 327. The second kappa shape index (κ2) is 3.09. The van der Waals surface area contributed by atoms with Crippen LogP contribution in [0.4, 0.5) is 4.39 Å². The maximum absolute atomic E-state index is 12.9. The smallest absolute Gasteiger partial charge is 0.123 e. The van der Waals surface area contributed by atoms with Gasteiger partial charge in [-0.15, -0.1) is 0 Å². The van der Waals surface area contributed by atoms with Crippen molar-refractivity contribution in [2.24, 2.45) is 5.73 Å². The second-order valence-electron chi connectivity index (χ2n) is 3.47. The van der Waals surface area contributed by atoms with E-state index in [2.05, 4.69) is 0 Å². The second-order valence-corrected chi connectivity index (χ2v) is 3.47. The Balaban J connectivity index is 2.45. The third-order valence-corrected chi connectivity index (χ3v) is 2.59. The number of aryl methyl sites for hydroxylation is 1. The molecule has 1 aromatic carbocycles. The van der Waals surface area contributed by atoms with Crippen molar-refractivity contribution >= 4 is 0 Å². The zero-order valence-electron chi connectivity index (χ0n) is 7.20. The summed E-state index contributed by atoms with van der Waals surface area (Å²) in [7, 11) is 0. The van der Waals surface area contributed by atoms with Crippen LogP contribution in [0.25, 0.3) is 0 Å². The molecule has 70 valence electrons. The number of aliphatic hydroxyl groups is 1. The van der Waals surface area contributed by atoms with Crippen molar-refractivity contribution in [1.82, 2.24) is 0 Å². The average molecular weight is 181 g/mol. The first-order chi connectivity index (χ1) is 6.18. The van der Waals surface area contributed by atoms with E-state index >= 15 is 0 Å². The SMILES string of the molecule is N[C@H]1c2cc(F)ccc2CC[C@@H]1O. The van der Waals surface area contributed by atoms with Crippen molar-refractivity contribution in [3.05, 3.63) is 35.1 Å². The first kappa shape index (κ1) is 8.66. The number of hydrogen-bond acceptors (Lipinski definition) is 2. The van der Waals surface area contributed by atoms with E-state index in [0.29, 0.717) is 6.42 Å². The van der Waals surface area contributed by atoms with Gasteiger partial charge in [-0.25, -0.2) is 4.39 Å². The third-order valence-electron chi connectivity index (χ3n) is 2.59. The van der Waals surface area contributed by atoms with Gasteiger partial charge in [-0.05, 0) is 36.1 Å². The van der Waals surface area contributed by atoms with E-state index in [1.807, 2.05) is 0 Å². The van der Waals surface area contributed by atoms with E-state index < -0.39 is 12.1 Å². The van der Waals surface area contributed by atoms with Crippen molar-refractivity contribution in [3.63, 3.8) is 0 Å². The van der Waals surface area contributed by atoms with Gasteiger partial charge in [-0.1, -0.05) is 6.07 Å². The van der Waals surface area contributed by atoms with Gasteiger partial charge in [0.1, 0.15) is 5.82 Å². The lowest BCUT2D eigenvalue weighted by Crippen LogP contribution is -2.31. The lowest BCUT2D eigenvalue weighted by atomic mass is 9.86. The fourth-order valence-corrected chi connectivity index (χ4v) is 1.79. The highest BCUT2D eigenvalue weighted by molar-refractivity contribution is 5.33. The van der Waals surface area contributed by atoms with E-state index in [0.717, 1.165) is 17.5 Å². The summed E-state index contributed by atoms with van der Waals surface area (Å²) < 4.78 is 12.9. The zero-order valence-corrected chi connectivity index (χ0v) is 7.20. The van der Waals surface area contributed by atoms with Crippen LogP contribution in [-0.2, 0) is 6.42 Å². The summed E-state index contributed by atoms with van der Waals surface area (Å²) in [5.41, 5.74) is 7.55. The lowest BCUT2D eigenvalue weighted by Gasteiger charge is -2.27. The number of halogens is 1. The average Bonchev–Trinajstić information content (AvgIpc) is 2.12. The Labute approximate surface area is 76.2 Å². The molecule has 0 unspecified atom stereocenters. The monoisotopic (exact) mass is 181 g/mol. The molecule has 0 saturated heterocycles. The molecule has 0 aliphatic heterocycles. The Morgan fingerprint density at radius 1 is 1.46 bits per heavy atom. The van der Waals surface area contributed by atoms with E-state index in [4.69, 9.17) is 5.73 Å². The van der Waals surface area contributed by atoms with Crippen molar-refractivity contribution in [1.29, 1.82) is 0 Å². The van der Waals surface area contributed by atoms with Gasteiger partial charge in [0.05, 0.1) is 12.1 Å². The van der Waals surface area contributed by atoms with Gasteiger partial charge in [0.15, 0.2) is 0 Å². The summed E-state index contributed by atoms with van der Waals surface area (Å²) in [5, 5.41) is 9.47. The summed E-state index contributed by atoms with van der Waals surface area (Å²) >= 11 is 0. The Morgan fingerprint density at radius 2 is 2.23 bits per heavy atom. The molecule has 0 saturated carbocycles. The van der Waals surface area contributed by atoms with Crippen LogP contribution in [0.15, 0.2) is 18.2 Å². The zero-order chi connectivity index (χ0) is 9.42. The molecule has 0 amide bonds. The number of nitrogens with two attached hydrogens (primary N) is 1. The maximum Gasteiger partial charge on any atom is 0.123 e. The van der Waals surface area contributed by atoms with Crippen LogP contribution in [-0.4, -0.2) is 11.2 Å². The van der Waals surface area contributed by atoms with E-state index in [1.165, 1.54) is 12.1 Å². The molecule has 0 aromatic heterocycles. The molecule has 2 rings (SSSR count). The first-order valence-electron chi connectivity index (χ1n) is 4.40. The summed E-state index contributed by atoms with van der Waals surface area (Å²) in [6, 6.07) is 4.17. The summed E-state index contributed by atoms with van der Waals surface area (Å²) in [6.45, 7) is 0. The number of fused-ring (bicyclic) bond motifs is 1. The largest absolute Gasteiger partial charge is 0.391 e. The van der Waals surface area contributed by atoms with Gasteiger partial charge >= 0.3 is 0 Å². The molecule has 0 spiro atoms. The molecule has 13 heavy (non-hydrogen) atoms. The minimum atomic E-state index is -0.533. The van der Waals surface area contributed by atoms with Crippen molar-refractivity contribution in [2.45, 2.75) is 25.0 Å². The molecule has 1 aliphatic rings. The molecule has 0 fully saturated rings. The van der Waals surface area contributed by atoms with Crippen molar-refractivity contribution in [3.8, 4) is 0 Å². The van der Waals surface area contributed by atoms with Crippen LogP contribution in [0.1, 0.15) is 23.6 Å². The minimum absolute atomic E-state index is 0.289. The lowest BCUT2D eigenvalue weighted by molar-refractivity contribution is 0.128. The molecule has 1 aliphatic carbocycles. The van der Waals surface area contributed by atoms with Gasteiger partial charge in [0, 0.05) is 0 Å². The maximum atomic E-state index is 12.9. The van der Waals surface area contributed by atoms with Gasteiger partial charge < -0.3 is 10.8 Å². The van der Waals surface area contributed by atoms with Crippen LogP contribution < -0.4 is 5.73 Å². The fraction of sp³-hybridized carbons (Fsp3) is 0.400. The van der Waals surface area contributed by atoms with E-state index in [-0.39, 0.29) is 5.82 Å². The van der Waals surface area contributed by atoms with E-state index in [9.17, 15) is 9.50 Å². The molecule has 2 nitrogen and oxygen atoms in total. The number of hydrogen-bond donors (Lipinski definition) is 2. The van der Waals surface area contributed by atoms with Gasteiger partial charge in [-0.3, -0.25) is 0 Å². The van der Waals surface area contributed by atoms with E-state index in [1.54, 1.807) is 6.07 Å². The number of rotatable bonds is 0. The Kier molecular flexibility index (Phi) is 2.06. The summed E-state index contributed by atoms with van der Waals surface area (Å²) in [5.74, 6) is -0.289. The van der Waals surface area contributed by atoms with Crippen LogP contribution in [0.3, 0.4) is 0 Å². The topological polar surface area (TPSA) is 46.2 Å². The number of benzene rings is 1. The van der Waals surface area contributed by atoms with Crippen LogP contribution >= 0.6 is 0 Å². The highest BCUT2D eigenvalue weighted by Crippen LogP contribution is 2.28. The third kappa shape index (κ3) is 1.45. The number of aliphatic hydroxyl groups excluding tert-OH is 1. The van der Waals surface area contributed by atoms with Crippen LogP contribution in [0.2, 0.25) is 0 Å². The molecule has 3 N–H and O–H groups in total.